The van der Waals surface area contributed by atoms with Crippen molar-refractivity contribution in [2.75, 3.05) is 10.6 Å². The zero-order valence-corrected chi connectivity index (χ0v) is 26.7. The van der Waals surface area contributed by atoms with Crippen molar-refractivity contribution in [2.24, 2.45) is 25.6 Å². The highest BCUT2D eigenvalue weighted by Gasteiger charge is 2.18. The summed E-state index contributed by atoms with van der Waals surface area (Å²) in [6, 6.07) is 8.38. The molecule has 212 valence electrons. The second-order valence-electron chi connectivity index (χ2n) is 10.3. The number of thiocarbonyl (C=S) groups is 2. The lowest BCUT2D eigenvalue weighted by atomic mass is 9.98. The summed E-state index contributed by atoms with van der Waals surface area (Å²) in [6.45, 7) is 16.6. The van der Waals surface area contributed by atoms with E-state index in [0.717, 1.165) is 56.3 Å². The first-order valence-electron chi connectivity index (χ1n) is 13.0. The monoisotopic (exact) mass is 576 g/mol. The van der Waals surface area contributed by atoms with Gasteiger partial charge in [0.15, 0.2) is 10.2 Å². The lowest BCUT2D eigenvalue weighted by Gasteiger charge is -2.14. The first-order chi connectivity index (χ1) is 18.6. The molecule has 4 rings (SSSR count). The molecule has 0 spiro atoms. The van der Waals surface area contributed by atoms with E-state index in [2.05, 4.69) is 87.5 Å². The van der Waals surface area contributed by atoms with Crippen molar-refractivity contribution in [1.29, 1.82) is 0 Å². The van der Waals surface area contributed by atoms with Crippen LogP contribution in [0.3, 0.4) is 0 Å². The maximum Gasteiger partial charge on any atom is 0.168 e. The molecule has 4 aromatic rings. The van der Waals surface area contributed by atoms with E-state index in [1.54, 1.807) is 0 Å². The van der Waals surface area contributed by atoms with Crippen molar-refractivity contribution < 1.29 is 0 Å². The molecule has 0 saturated carbocycles. The molecule has 0 fully saturated rings. The van der Waals surface area contributed by atoms with Gasteiger partial charge in [0.2, 0.25) is 0 Å². The van der Waals surface area contributed by atoms with Gasteiger partial charge >= 0.3 is 0 Å². The van der Waals surface area contributed by atoms with Gasteiger partial charge < -0.3 is 22.1 Å². The van der Waals surface area contributed by atoms with Gasteiger partial charge in [-0.15, -0.1) is 0 Å². The van der Waals surface area contributed by atoms with Crippen molar-refractivity contribution in [3.8, 4) is 22.5 Å². The minimum Gasteiger partial charge on any atom is -0.376 e. The Balaban J connectivity index is 0.000000220. The zero-order valence-electron chi connectivity index (χ0n) is 25.1. The first-order valence-corrected chi connectivity index (χ1v) is 13.8. The molecule has 0 saturated heterocycles. The Kier molecular flexibility index (Phi) is 9.37. The van der Waals surface area contributed by atoms with E-state index in [4.69, 9.17) is 35.9 Å². The molecular weight excluding hydrogens is 537 g/mol. The van der Waals surface area contributed by atoms with Gasteiger partial charge in [-0.3, -0.25) is 9.36 Å². The van der Waals surface area contributed by atoms with Crippen LogP contribution in [0.1, 0.15) is 44.8 Å². The maximum atomic E-state index is 5.64. The number of nitrogens with one attached hydrogen (secondary N) is 2. The highest BCUT2D eigenvalue weighted by Crippen LogP contribution is 2.35. The SMILES string of the molecule is Cc1cc(C)c(-c2nn(C)c(C)c2C)c(NC(N)=S)c1.Cc1cc(C)c(-c2nn(C)c(C)c2C)cc1NC(N)=S. The molecule has 10 heteroatoms. The van der Waals surface area contributed by atoms with Crippen LogP contribution in [0.25, 0.3) is 22.5 Å². The molecule has 6 N–H and O–H groups in total. The third-order valence-electron chi connectivity index (χ3n) is 7.33. The lowest BCUT2D eigenvalue weighted by molar-refractivity contribution is 0.741. The van der Waals surface area contributed by atoms with Crippen LogP contribution in [0, 0.1) is 55.4 Å². The smallest absolute Gasteiger partial charge is 0.168 e. The third-order valence-corrected chi connectivity index (χ3v) is 7.53. The van der Waals surface area contributed by atoms with Crippen LogP contribution in [0.15, 0.2) is 24.3 Å². The molecule has 0 aliphatic carbocycles. The topological polar surface area (TPSA) is 112 Å². The van der Waals surface area contributed by atoms with Gasteiger partial charge in [-0.25, -0.2) is 0 Å². The Morgan fingerprint density at radius 3 is 1.62 bits per heavy atom. The fourth-order valence-corrected chi connectivity index (χ4v) is 5.03. The Morgan fingerprint density at radius 2 is 1.15 bits per heavy atom. The standard InChI is InChI=1S/2C15H20N4S/c1-8-6-9(2)13(17-15(16)20)7-12(8)14-10(3)11(4)19(5)18-14;1-8-6-9(2)13(12(7-8)17-15(16)20)14-10(3)11(4)19(5)18-14/h2*6-7H,1-5H3,(H3,16,17,20). The van der Waals surface area contributed by atoms with Gasteiger partial charge in [0.25, 0.3) is 0 Å². The molecular formula is C30H40N8S2. The Labute approximate surface area is 248 Å². The van der Waals surface area contributed by atoms with E-state index >= 15 is 0 Å². The van der Waals surface area contributed by atoms with Crippen molar-refractivity contribution in [3.63, 3.8) is 0 Å². The van der Waals surface area contributed by atoms with Gasteiger partial charge in [-0.05, 0) is 125 Å². The van der Waals surface area contributed by atoms with Crippen LogP contribution >= 0.6 is 24.4 Å². The first kappa shape index (κ1) is 30.8. The number of nitrogens with zero attached hydrogens (tertiary/aromatic N) is 4. The van der Waals surface area contributed by atoms with Crippen molar-refractivity contribution in [2.45, 2.75) is 55.4 Å². The predicted molar refractivity (Wildman–Crippen MR) is 176 cm³/mol. The molecule has 8 nitrogen and oxygen atoms in total. The molecule has 2 aromatic heterocycles. The van der Waals surface area contributed by atoms with E-state index in [0.29, 0.717) is 0 Å². The summed E-state index contributed by atoms with van der Waals surface area (Å²) in [4.78, 5) is 0. The van der Waals surface area contributed by atoms with Crippen LogP contribution < -0.4 is 22.1 Å². The van der Waals surface area contributed by atoms with Gasteiger partial charge in [-0.2, -0.15) is 10.2 Å². The van der Waals surface area contributed by atoms with Gasteiger partial charge in [0.05, 0.1) is 17.1 Å². The highest BCUT2D eigenvalue weighted by molar-refractivity contribution is 7.80. The van der Waals surface area contributed by atoms with E-state index in [-0.39, 0.29) is 10.2 Å². The molecule has 0 bridgehead atoms. The minimum absolute atomic E-state index is 0.265. The summed E-state index contributed by atoms with van der Waals surface area (Å²) in [7, 11) is 3.92. The second kappa shape index (κ2) is 12.2. The summed E-state index contributed by atoms with van der Waals surface area (Å²) in [5, 5.41) is 15.9. The van der Waals surface area contributed by atoms with Crippen LogP contribution in [0.5, 0.6) is 0 Å². The lowest BCUT2D eigenvalue weighted by Crippen LogP contribution is -2.19. The normalized spacial score (nSPS) is 10.7. The summed E-state index contributed by atoms with van der Waals surface area (Å²) in [5.74, 6) is 0. The molecule has 0 aliphatic heterocycles. The van der Waals surface area contributed by atoms with E-state index < -0.39 is 0 Å². The van der Waals surface area contributed by atoms with Crippen molar-refractivity contribution in [1.82, 2.24) is 19.6 Å². The van der Waals surface area contributed by atoms with Gasteiger partial charge in [0, 0.05) is 42.3 Å². The summed E-state index contributed by atoms with van der Waals surface area (Å²) in [5.41, 5.74) is 26.5. The van der Waals surface area contributed by atoms with Gasteiger partial charge in [0.1, 0.15) is 0 Å². The van der Waals surface area contributed by atoms with Crippen LogP contribution in [0.4, 0.5) is 11.4 Å². The summed E-state index contributed by atoms with van der Waals surface area (Å²) in [6.07, 6.45) is 0. The molecule has 40 heavy (non-hydrogen) atoms. The number of anilines is 2. The molecule has 0 atom stereocenters. The van der Waals surface area contributed by atoms with E-state index in [1.165, 1.54) is 22.4 Å². The van der Waals surface area contributed by atoms with Gasteiger partial charge in [-0.1, -0.05) is 12.1 Å². The van der Waals surface area contributed by atoms with Crippen LogP contribution in [-0.4, -0.2) is 29.8 Å². The average Bonchev–Trinajstić information content (AvgIpc) is 3.24. The Hall–Kier alpha value is -3.76. The summed E-state index contributed by atoms with van der Waals surface area (Å²) < 4.78 is 3.80. The number of nitrogens with two attached hydrogens (primary N) is 2. The predicted octanol–water partition coefficient (Wildman–Crippen LogP) is 5.95. The molecule has 0 unspecified atom stereocenters. The Morgan fingerprint density at radius 1 is 0.650 bits per heavy atom. The molecule has 2 heterocycles. The largest absolute Gasteiger partial charge is 0.376 e. The van der Waals surface area contributed by atoms with E-state index in [9.17, 15) is 0 Å². The zero-order chi connectivity index (χ0) is 30.0. The number of aromatic nitrogens is 4. The van der Waals surface area contributed by atoms with Crippen LogP contribution in [0.2, 0.25) is 0 Å². The van der Waals surface area contributed by atoms with Crippen molar-refractivity contribution >= 4 is 46.0 Å². The molecule has 0 radical (unpaired) electrons. The fourth-order valence-electron chi connectivity index (χ4n) is 4.81. The second-order valence-corrected chi connectivity index (χ2v) is 11.2. The Bertz CT molecular complexity index is 1610. The maximum absolute atomic E-state index is 5.64. The van der Waals surface area contributed by atoms with E-state index in [1.807, 2.05) is 36.4 Å². The van der Waals surface area contributed by atoms with Crippen molar-refractivity contribution in [3.05, 3.63) is 69.0 Å². The fraction of sp³-hybridized carbons (Fsp3) is 0.333. The number of hydrogen-bond acceptors (Lipinski definition) is 4. The average molecular weight is 577 g/mol. The summed E-state index contributed by atoms with van der Waals surface area (Å²) >= 11 is 9.91. The minimum atomic E-state index is 0.265. The third kappa shape index (κ3) is 6.51. The number of aryl methyl sites for hydroxylation is 6. The quantitative estimate of drug-likeness (QED) is 0.221. The molecule has 0 amide bonds. The number of hydrogen-bond donors (Lipinski definition) is 4. The number of rotatable bonds is 4. The van der Waals surface area contributed by atoms with Crippen LogP contribution in [-0.2, 0) is 14.1 Å². The highest BCUT2D eigenvalue weighted by atomic mass is 32.1. The number of benzene rings is 2. The molecule has 0 aliphatic rings. The molecule has 2 aromatic carbocycles.